The average molecular weight is 290 g/mol. The van der Waals surface area contributed by atoms with Crippen LogP contribution in [0, 0.1) is 6.92 Å². The number of hydrogen-bond acceptors (Lipinski definition) is 4. The molecule has 102 valence electrons. The molecule has 3 rings (SSSR count). The molecule has 0 saturated heterocycles. The number of aryl methyl sites for hydroxylation is 1. The summed E-state index contributed by atoms with van der Waals surface area (Å²) in [6.45, 7) is 1.90. The maximum atomic E-state index is 9.54. The second kappa shape index (κ2) is 4.68. The van der Waals surface area contributed by atoms with Crippen molar-refractivity contribution in [3.8, 4) is 17.2 Å². The van der Waals surface area contributed by atoms with Crippen LogP contribution < -0.4 is 4.74 Å². The van der Waals surface area contributed by atoms with E-state index in [9.17, 15) is 5.11 Å². The fourth-order valence-electron chi connectivity index (χ4n) is 2.16. The van der Waals surface area contributed by atoms with Gasteiger partial charge < -0.3 is 9.84 Å². The van der Waals surface area contributed by atoms with E-state index in [2.05, 4.69) is 10.1 Å². The van der Waals surface area contributed by atoms with Gasteiger partial charge in [-0.15, -0.1) is 0 Å². The molecule has 0 saturated carbocycles. The van der Waals surface area contributed by atoms with Crippen molar-refractivity contribution in [2.24, 2.45) is 0 Å². The van der Waals surface area contributed by atoms with Gasteiger partial charge in [-0.25, -0.2) is 9.67 Å². The highest BCUT2D eigenvalue weighted by molar-refractivity contribution is 6.30. The van der Waals surface area contributed by atoms with E-state index >= 15 is 0 Å². The summed E-state index contributed by atoms with van der Waals surface area (Å²) in [5.41, 5.74) is 2.41. The largest absolute Gasteiger partial charge is 0.508 e. The van der Waals surface area contributed by atoms with Crippen LogP contribution in [-0.4, -0.2) is 27.0 Å². The number of aromatic hydroxyl groups is 1. The maximum Gasteiger partial charge on any atom is 0.148 e. The Morgan fingerprint density at radius 1 is 1.30 bits per heavy atom. The lowest BCUT2D eigenvalue weighted by Gasteiger charge is -2.09. The first kappa shape index (κ1) is 12.7. The molecule has 20 heavy (non-hydrogen) atoms. The number of aromatic nitrogens is 3. The number of benzene rings is 1. The molecule has 0 aliphatic heterocycles. The fourth-order valence-corrected chi connectivity index (χ4v) is 2.31. The summed E-state index contributed by atoms with van der Waals surface area (Å²) in [7, 11) is 1.55. The molecule has 1 aromatic carbocycles. The first-order valence-electron chi connectivity index (χ1n) is 5.98. The Labute approximate surface area is 120 Å². The minimum atomic E-state index is 0.137. The number of halogens is 1. The first-order chi connectivity index (χ1) is 9.60. The topological polar surface area (TPSA) is 60.2 Å². The van der Waals surface area contributed by atoms with Crippen LogP contribution >= 0.6 is 11.6 Å². The van der Waals surface area contributed by atoms with Crippen LogP contribution in [0.5, 0.6) is 11.5 Å². The molecular formula is C14H12ClN3O2. The van der Waals surface area contributed by atoms with Crippen LogP contribution in [0.1, 0.15) is 5.69 Å². The van der Waals surface area contributed by atoms with Crippen molar-refractivity contribution in [1.82, 2.24) is 14.8 Å². The molecule has 5 nitrogen and oxygen atoms in total. The third kappa shape index (κ3) is 1.96. The number of phenols is 1. The maximum absolute atomic E-state index is 9.54. The number of methoxy groups -OCH3 is 1. The monoisotopic (exact) mass is 289 g/mol. The van der Waals surface area contributed by atoms with E-state index in [-0.39, 0.29) is 5.75 Å². The van der Waals surface area contributed by atoms with E-state index < -0.39 is 0 Å². The summed E-state index contributed by atoms with van der Waals surface area (Å²) in [6, 6.07) is 6.63. The number of nitrogens with zero attached hydrogens (tertiary/aromatic N) is 3. The van der Waals surface area contributed by atoms with Gasteiger partial charge in [0.15, 0.2) is 0 Å². The molecule has 0 fully saturated rings. The van der Waals surface area contributed by atoms with Gasteiger partial charge in [-0.05, 0) is 19.1 Å². The van der Waals surface area contributed by atoms with E-state index in [4.69, 9.17) is 16.3 Å². The van der Waals surface area contributed by atoms with Crippen LogP contribution in [-0.2, 0) is 0 Å². The first-order valence-corrected chi connectivity index (χ1v) is 6.36. The summed E-state index contributed by atoms with van der Waals surface area (Å²) in [5.74, 6) is 0.667. The second-order valence-electron chi connectivity index (χ2n) is 4.38. The molecular weight excluding hydrogens is 278 g/mol. The third-order valence-corrected chi connectivity index (χ3v) is 3.31. The molecule has 2 heterocycles. The molecule has 0 unspecified atom stereocenters. The predicted molar refractivity (Wildman–Crippen MR) is 76.8 cm³/mol. The van der Waals surface area contributed by atoms with Gasteiger partial charge in [-0.2, -0.15) is 5.10 Å². The molecule has 0 bridgehead atoms. The molecule has 0 amide bonds. The Hall–Kier alpha value is -2.27. The highest BCUT2D eigenvalue weighted by atomic mass is 35.5. The quantitative estimate of drug-likeness (QED) is 0.737. The van der Waals surface area contributed by atoms with Crippen molar-refractivity contribution in [3.63, 3.8) is 0 Å². The van der Waals surface area contributed by atoms with Gasteiger partial charge in [0.1, 0.15) is 22.3 Å². The third-order valence-electron chi connectivity index (χ3n) is 3.11. The SMILES string of the molecule is COc1cc(O)ccc1-n1nc(C)c2cnc(Cl)cc21. The van der Waals surface area contributed by atoms with Crippen LogP contribution in [0.2, 0.25) is 5.15 Å². The molecule has 3 aromatic rings. The van der Waals surface area contributed by atoms with Gasteiger partial charge >= 0.3 is 0 Å². The normalized spacial score (nSPS) is 10.9. The summed E-state index contributed by atoms with van der Waals surface area (Å²) in [4.78, 5) is 4.07. The summed E-state index contributed by atoms with van der Waals surface area (Å²) < 4.78 is 7.03. The van der Waals surface area contributed by atoms with E-state index in [0.717, 1.165) is 22.3 Å². The average Bonchev–Trinajstić information content (AvgIpc) is 2.75. The van der Waals surface area contributed by atoms with Gasteiger partial charge in [0, 0.05) is 23.7 Å². The number of pyridine rings is 1. The van der Waals surface area contributed by atoms with Gasteiger partial charge in [-0.3, -0.25) is 0 Å². The van der Waals surface area contributed by atoms with Gasteiger partial charge in [-0.1, -0.05) is 11.6 Å². The highest BCUT2D eigenvalue weighted by Crippen LogP contribution is 2.30. The summed E-state index contributed by atoms with van der Waals surface area (Å²) in [5, 5.41) is 15.4. The smallest absolute Gasteiger partial charge is 0.148 e. The van der Waals surface area contributed by atoms with Gasteiger partial charge in [0.2, 0.25) is 0 Å². The molecule has 0 spiro atoms. The van der Waals surface area contributed by atoms with Crippen molar-refractivity contribution in [1.29, 1.82) is 0 Å². The van der Waals surface area contributed by atoms with Crippen LogP contribution in [0.4, 0.5) is 0 Å². The van der Waals surface area contributed by atoms with E-state index in [1.54, 1.807) is 42.3 Å². The molecule has 6 heteroatoms. The van der Waals surface area contributed by atoms with Crippen molar-refractivity contribution < 1.29 is 9.84 Å². The molecule has 1 N–H and O–H groups in total. The Morgan fingerprint density at radius 3 is 2.85 bits per heavy atom. The summed E-state index contributed by atoms with van der Waals surface area (Å²) in [6.07, 6.45) is 1.70. The molecule has 0 aliphatic rings. The van der Waals surface area contributed by atoms with Crippen LogP contribution in [0.3, 0.4) is 0 Å². The zero-order chi connectivity index (χ0) is 14.3. The van der Waals surface area contributed by atoms with Crippen molar-refractivity contribution in [2.45, 2.75) is 6.92 Å². The minimum Gasteiger partial charge on any atom is -0.508 e. The van der Waals surface area contributed by atoms with E-state index in [1.807, 2.05) is 6.92 Å². The lowest BCUT2D eigenvalue weighted by molar-refractivity contribution is 0.405. The van der Waals surface area contributed by atoms with Gasteiger partial charge in [0.25, 0.3) is 0 Å². The van der Waals surface area contributed by atoms with Crippen LogP contribution in [0.15, 0.2) is 30.5 Å². The Balaban J connectivity index is 2.32. The number of ether oxygens (including phenoxy) is 1. The predicted octanol–water partition coefficient (Wildman–Crippen LogP) is 3.10. The molecule has 0 atom stereocenters. The highest BCUT2D eigenvalue weighted by Gasteiger charge is 2.14. The molecule has 0 aliphatic carbocycles. The number of fused-ring (bicyclic) bond motifs is 1. The lowest BCUT2D eigenvalue weighted by Crippen LogP contribution is -2.00. The van der Waals surface area contributed by atoms with E-state index in [0.29, 0.717) is 10.9 Å². The Bertz CT molecular complexity index is 798. The second-order valence-corrected chi connectivity index (χ2v) is 4.76. The standard InChI is InChI=1S/C14H12ClN3O2/c1-8-10-7-16-14(15)6-12(10)18(17-8)11-4-3-9(19)5-13(11)20-2/h3-7,19H,1-2H3. The van der Waals surface area contributed by atoms with Gasteiger partial charge in [0.05, 0.1) is 18.3 Å². The zero-order valence-corrected chi connectivity index (χ0v) is 11.7. The Morgan fingerprint density at radius 2 is 2.10 bits per heavy atom. The van der Waals surface area contributed by atoms with Crippen molar-refractivity contribution in [2.75, 3.05) is 7.11 Å². The number of rotatable bonds is 2. The fraction of sp³-hybridized carbons (Fsp3) is 0.143. The van der Waals surface area contributed by atoms with Crippen molar-refractivity contribution in [3.05, 3.63) is 41.3 Å². The van der Waals surface area contributed by atoms with Crippen molar-refractivity contribution >= 4 is 22.5 Å². The molecule has 2 aromatic heterocycles. The zero-order valence-electron chi connectivity index (χ0n) is 11.0. The minimum absolute atomic E-state index is 0.137. The van der Waals surface area contributed by atoms with E-state index in [1.165, 1.54) is 0 Å². The summed E-state index contributed by atoms with van der Waals surface area (Å²) >= 11 is 5.96. The molecule has 0 radical (unpaired) electrons. The Kier molecular flexibility index (Phi) is 2.99. The number of hydrogen-bond donors (Lipinski definition) is 1. The number of phenolic OH excluding ortho intramolecular Hbond substituents is 1. The lowest BCUT2D eigenvalue weighted by atomic mass is 10.2. The van der Waals surface area contributed by atoms with Crippen LogP contribution in [0.25, 0.3) is 16.6 Å².